The molecule has 0 atom stereocenters. The van der Waals surface area contributed by atoms with E-state index in [0.717, 1.165) is 4.47 Å². The van der Waals surface area contributed by atoms with Gasteiger partial charge in [0, 0.05) is 11.0 Å². The monoisotopic (exact) mass is 325 g/mol. The number of fused-ring (bicyclic) bond motifs is 1. The molecule has 0 saturated heterocycles. The highest BCUT2D eigenvalue weighted by Gasteiger charge is 2.35. The van der Waals surface area contributed by atoms with Gasteiger partial charge in [-0.1, -0.05) is 15.9 Å². The van der Waals surface area contributed by atoms with Crippen molar-refractivity contribution >= 4 is 33.3 Å². The van der Waals surface area contributed by atoms with Gasteiger partial charge in [0.15, 0.2) is 0 Å². The summed E-state index contributed by atoms with van der Waals surface area (Å²) in [6.07, 6.45) is 0. The van der Waals surface area contributed by atoms with Gasteiger partial charge in [-0.05, 0) is 39.0 Å². The fraction of sp³-hybridized carbons (Fsp3) is 0.429. The van der Waals surface area contributed by atoms with Gasteiger partial charge in [-0.2, -0.15) is 0 Å². The third-order valence-corrected chi connectivity index (χ3v) is 3.28. The summed E-state index contributed by atoms with van der Waals surface area (Å²) in [5.74, 6) is -0.933. The highest BCUT2D eigenvalue weighted by molar-refractivity contribution is 9.10. The summed E-state index contributed by atoms with van der Waals surface area (Å²) in [6.45, 7) is 6.65. The zero-order valence-electron chi connectivity index (χ0n) is 11.2. The van der Waals surface area contributed by atoms with E-state index in [4.69, 9.17) is 4.74 Å². The van der Waals surface area contributed by atoms with Crippen LogP contribution in [0.15, 0.2) is 22.7 Å². The van der Waals surface area contributed by atoms with Gasteiger partial charge in [-0.25, -0.2) is 0 Å². The Labute approximate surface area is 120 Å². The fourth-order valence-electron chi connectivity index (χ4n) is 1.94. The molecule has 0 aliphatic carbocycles. The highest BCUT2D eigenvalue weighted by Crippen LogP contribution is 2.31. The van der Waals surface area contributed by atoms with E-state index in [0.29, 0.717) is 24.4 Å². The number of hydrogen-bond donors (Lipinski definition) is 0. The summed E-state index contributed by atoms with van der Waals surface area (Å²) >= 11 is 3.30. The molecule has 0 bridgehead atoms. The first kappa shape index (κ1) is 14.2. The second-order valence-corrected chi connectivity index (χ2v) is 6.32. The highest BCUT2D eigenvalue weighted by atomic mass is 79.9. The summed E-state index contributed by atoms with van der Waals surface area (Å²) in [4.78, 5) is 25.3. The van der Waals surface area contributed by atoms with Crippen molar-refractivity contribution in [2.75, 3.05) is 18.1 Å². The number of ketones is 1. The van der Waals surface area contributed by atoms with E-state index in [1.807, 2.05) is 26.8 Å². The number of benzene rings is 1. The number of amides is 1. The van der Waals surface area contributed by atoms with Crippen molar-refractivity contribution < 1.29 is 14.3 Å². The summed E-state index contributed by atoms with van der Waals surface area (Å²) in [5.41, 5.74) is 0.862. The molecule has 1 aliphatic heterocycles. The summed E-state index contributed by atoms with van der Waals surface area (Å²) in [5, 5.41) is 0. The maximum Gasteiger partial charge on any atom is 0.299 e. The predicted molar refractivity (Wildman–Crippen MR) is 76.5 cm³/mol. The molecule has 19 heavy (non-hydrogen) atoms. The van der Waals surface area contributed by atoms with Crippen LogP contribution in [0.1, 0.15) is 31.1 Å². The molecule has 0 N–H and O–H groups in total. The second kappa shape index (κ2) is 5.06. The average Bonchev–Trinajstić information content (AvgIpc) is 2.53. The zero-order chi connectivity index (χ0) is 14.2. The van der Waals surface area contributed by atoms with Crippen LogP contribution in [0.2, 0.25) is 0 Å². The number of carbonyl (C=O) groups excluding carboxylic acids is 2. The average molecular weight is 326 g/mol. The van der Waals surface area contributed by atoms with Crippen LogP contribution in [-0.2, 0) is 9.53 Å². The molecule has 1 amide bonds. The minimum absolute atomic E-state index is 0.255. The van der Waals surface area contributed by atoms with Gasteiger partial charge in [0.05, 0.1) is 23.5 Å². The SMILES string of the molecule is CC(C)(C)OCCN1C(=O)C(=O)c2cc(Br)ccc21. The van der Waals surface area contributed by atoms with Crippen LogP contribution < -0.4 is 4.90 Å². The smallest absolute Gasteiger partial charge is 0.299 e. The standard InChI is InChI=1S/C14H16BrNO3/c1-14(2,3)19-7-6-16-11-5-4-9(15)8-10(11)12(17)13(16)18/h4-5,8H,6-7H2,1-3H3. The lowest BCUT2D eigenvalue weighted by Gasteiger charge is -2.22. The maximum absolute atomic E-state index is 11.9. The van der Waals surface area contributed by atoms with Crippen LogP contribution >= 0.6 is 15.9 Å². The van der Waals surface area contributed by atoms with E-state index in [1.54, 1.807) is 12.1 Å². The quantitative estimate of drug-likeness (QED) is 0.803. The molecule has 4 nitrogen and oxygen atoms in total. The number of Topliss-reactive ketones (excluding diaryl/α,β-unsaturated/α-hetero) is 1. The summed E-state index contributed by atoms with van der Waals surface area (Å²) in [7, 11) is 0. The number of ether oxygens (including phenoxy) is 1. The number of hydrogen-bond acceptors (Lipinski definition) is 3. The Morgan fingerprint density at radius 3 is 2.58 bits per heavy atom. The molecule has 0 unspecified atom stereocenters. The molecule has 0 saturated carbocycles. The van der Waals surface area contributed by atoms with Gasteiger partial charge in [-0.3, -0.25) is 9.59 Å². The van der Waals surface area contributed by atoms with Gasteiger partial charge < -0.3 is 9.64 Å². The van der Waals surface area contributed by atoms with Crippen LogP contribution in [0.25, 0.3) is 0 Å². The lowest BCUT2D eigenvalue weighted by Crippen LogP contribution is -2.34. The third-order valence-electron chi connectivity index (χ3n) is 2.78. The van der Waals surface area contributed by atoms with Crippen molar-refractivity contribution in [3.8, 4) is 0 Å². The molecule has 102 valence electrons. The molecule has 5 heteroatoms. The molecule has 1 heterocycles. The zero-order valence-corrected chi connectivity index (χ0v) is 12.8. The lowest BCUT2D eigenvalue weighted by molar-refractivity contribution is -0.114. The molecule has 0 spiro atoms. The lowest BCUT2D eigenvalue weighted by atomic mass is 10.1. The number of halogens is 1. The number of carbonyl (C=O) groups is 2. The molecule has 0 radical (unpaired) electrons. The van der Waals surface area contributed by atoms with E-state index in [2.05, 4.69) is 15.9 Å². The van der Waals surface area contributed by atoms with Gasteiger partial charge in [0.1, 0.15) is 0 Å². The van der Waals surface area contributed by atoms with Crippen LogP contribution in [0.4, 0.5) is 5.69 Å². The molecule has 0 fully saturated rings. The molecule has 1 aromatic rings. The molecule has 2 rings (SSSR count). The van der Waals surface area contributed by atoms with Crippen molar-refractivity contribution in [3.63, 3.8) is 0 Å². The van der Waals surface area contributed by atoms with Crippen LogP contribution in [-0.4, -0.2) is 30.4 Å². The number of rotatable bonds is 3. The Bertz CT molecular complexity index is 534. The van der Waals surface area contributed by atoms with E-state index in [9.17, 15) is 9.59 Å². The first-order chi connectivity index (χ1) is 8.79. The molecule has 1 aromatic carbocycles. The van der Waals surface area contributed by atoms with Gasteiger partial charge in [-0.15, -0.1) is 0 Å². The van der Waals surface area contributed by atoms with Gasteiger partial charge in [0.2, 0.25) is 0 Å². The maximum atomic E-state index is 11.9. The molecular weight excluding hydrogens is 310 g/mol. The first-order valence-electron chi connectivity index (χ1n) is 6.09. The topological polar surface area (TPSA) is 46.6 Å². The Kier molecular flexibility index (Phi) is 3.78. The Balaban J connectivity index is 2.15. The number of nitrogens with zero attached hydrogens (tertiary/aromatic N) is 1. The van der Waals surface area contributed by atoms with Crippen molar-refractivity contribution in [2.45, 2.75) is 26.4 Å². The van der Waals surface area contributed by atoms with Crippen molar-refractivity contribution in [3.05, 3.63) is 28.2 Å². The third kappa shape index (κ3) is 3.04. The number of anilines is 1. The van der Waals surface area contributed by atoms with Crippen molar-refractivity contribution in [1.82, 2.24) is 0 Å². The Morgan fingerprint density at radius 1 is 1.26 bits per heavy atom. The minimum atomic E-state index is -0.481. The van der Waals surface area contributed by atoms with E-state index < -0.39 is 11.7 Å². The Morgan fingerprint density at radius 2 is 1.95 bits per heavy atom. The van der Waals surface area contributed by atoms with Crippen molar-refractivity contribution in [1.29, 1.82) is 0 Å². The first-order valence-corrected chi connectivity index (χ1v) is 6.88. The molecule has 1 aliphatic rings. The molecular formula is C14H16BrNO3. The fourth-order valence-corrected chi connectivity index (χ4v) is 2.30. The van der Waals surface area contributed by atoms with E-state index in [1.165, 1.54) is 4.90 Å². The largest absolute Gasteiger partial charge is 0.374 e. The van der Waals surface area contributed by atoms with Crippen LogP contribution in [0.3, 0.4) is 0 Å². The van der Waals surface area contributed by atoms with E-state index >= 15 is 0 Å². The van der Waals surface area contributed by atoms with Gasteiger partial charge in [0.25, 0.3) is 11.7 Å². The molecule has 0 aromatic heterocycles. The van der Waals surface area contributed by atoms with Gasteiger partial charge >= 0.3 is 0 Å². The van der Waals surface area contributed by atoms with Crippen LogP contribution in [0.5, 0.6) is 0 Å². The van der Waals surface area contributed by atoms with E-state index in [-0.39, 0.29) is 5.60 Å². The summed E-state index contributed by atoms with van der Waals surface area (Å²) < 4.78 is 6.39. The normalized spacial score (nSPS) is 15.1. The van der Waals surface area contributed by atoms with Crippen LogP contribution in [0, 0.1) is 0 Å². The second-order valence-electron chi connectivity index (χ2n) is 5.41. The predicted octanol–water partition coefficient (Wildman–Crippen LogP) is 2.79. The Hall–Kier alpha value is -1.20. The van der Waals surface area contributed by atoms with Crippen molar-refractivity contribution in [2.24, 2.45) is 0 Å². The summed E-state index contributed by atoms with van der Waals surface area (Å²) in [6, 6.07) is 5.28. The minimum Gasteiger partial charge on any atom is -0.374 e.